The van der Waals surface area contributed by atoms with Gasteiger partial charge < -0.3 is 5.11 Å². The Labute approximate surface area is 131 Å². The van der Waals surface area contributed by atoms with Crippen LogP contribution in [-0.2, 0) is 11.2 Å². The lowest BCUT2D eigenvalue weighted by atomic mass is 9.68. The highest BCUT2D eigenvalue weighted by molar-refractivity contribution is 9.10. The van der Waals surface area contributed by atoms with Crippen LogP contribution in [0.2, 0.25) is 0 Å². The molecule has 0 radical (unpaired) electrons. The first-order chi connectivity index (χ1) is 9.92. The molecule has 0 spiro atoms. The van der Waals surface area contributed by atoms with Gasteiger partial charge in [0.2, 0.25) is 0 Å². The molecule has 0 aromatic heterocycles. The van der Waals surface area contributed by atoms with Crippen LogP contribution < -0.4 is 0 Å². The minimum absolute atomic E-state index is 0.113. The third-order valence-electron chi connectivity index (χ3n) is 4.45. The van der Waals surface area contributed by atoms with Crippen LogP contribution in [0.15, 0.2) is 16.6 Å². The first kappa shape index (κ1) is 16.4. The molecule has 0 bridgehead atoms. The van der Waals surface area contributed by atoms with E-state index in [-0.39, 0.29) is 16.3 Å². The third kappa shape index (κ3) is 4.25. The smallest absolute Gasteiger partial charge is 0.303 e. The van der Waals surface area contributed by atoms with Gasteiger partial charge >= 0.3 is 5.97 Å². The van der Waals surface area contributed by atoms with Crippen molar-refractivity contribution in [1.29, 1.82) is 0 Å². The topological polar surface area (TPSA) is 37.3 Å². The molecular weight excluding hydrogens is 342 g/mol. The van der Waals surface area contributed by atoms with Crippen LogP contribution in [0.1, 0.15) is 50.5 Å². The van der Waals surface area contributed by atoms with E-state index < -0.39 is 17.6 Å². The van der Waals surface area contributed by atoms with Crippen molar-refractivity contribution in [3.8, 4) is 0 Å². The van der Waals surface area contributed by atoms with Gasteiger partial charge in [-0.2, -0.15) is 0 Å². The van der Waals surface area contributed by atoms with E-state index in [0.29, 0.717) is 18.4 Å². The first-order valence-corrected chi connectivity index (χ1v) is 8.06. The maximum absolute atomic E-state index is 13.9. The molecular formula is C16H19BrF2O2. The zero-order valence-corrected chi connectivity index (χ0v) is 13.4. The summed E-state index contributed by atoms with van der Waals surface area (Å²) in [6, 6.07) is 2.34. The lowest BCUT2D eigenvalue weighted by Gasteiger charge is -2.36. The van der Waals surface area contributed by atoms with Gasteiger partial charge in [-0.3, -0.25) is 4.79 Å². The lowest BCUT2D eigenvalue weighted by Crippen LogP contribution is -2.28. The molecule has 1 aromatic carbocycles. The summed E-state index contributed by atoms with van der Waals surface area (Å²) in [6.45, 7) is 0. The molecule has 0 heterocycles. The zero-order chi connectivity index (χ0) is 15.5. The molecule has 1 N–H and O–H groups in total. The number of halogens is 3. The van der Waals surface area contributed by atoms with E-state index in [1.807, 2.05) is 0 Å². The van der Waals surface area contributed by atoms with Gasteiger partial charge in [-0.25, -0.2) is 8.78 Å². The predicted molar refractivity (Wildman–Crippen MR) is 80.1 cm³/mol. The van der Waals surface area contributed by atoms with Crippen molar-refractivity contribution in [3.63, 3.8) is 0 Å². The van der Waals surface area contributed by atoms with Gasteiger partial charge in [0.1, 0.15) is 11.6 Å². The average Bonchev–Trinajstić information content (AvgIpc) is 2.42. The largest absolute Gasteiger partial charge is 0.481 e. The van der Waals surface area contributed by atoms with Gasteiger partial charge in [0.15, 0.2) is 0 Å². The van der Waals surface area contributed by atoms with Crippen LogP contribution >= 0.6 is 15.9 Å². The first-order valence-electron chi connectivity index (χ1n) is 7.27. The Morgan fingerprint density at radius 1 is 1.19 bits per heavy atom. The number of aliphatic carboxylic acids is 1. The van der Waals surface area contributed by atoms with Crippen LogP contribution in [0.25, 0.3) is 0 Å². The number of carbonyl (C=O) groups is 1. The lowest BCUT2D eigenvalue weighted by molar-refractivity contribution is -0.140. The summed E-state index contributed by atoms with van der Waals surface area (Å²) in [5, 5.41) is 9.12. The summed E-state index contributed by atoms with van der Waals surface area (Å²) in [6.07, 6.45) is 5.98. The van der Waals surface area contributed by atoms with Crippen molar-refractivity contribution in [2.24, 2.45) is 5.41 Å². The molecule has 1 aromatic rings. The number of rotatable bonds is 5. The highest BCUT2D eigenvalue weighted by Gasteiger charge is 2.34. The summed E-state index contributed by atoms with van der Waals surface area (Å²) < 4.78 is 27.5. The molecule has 5 heteroatoms. The van der Waals surface area contributed by atoms with Gasteiger partial charge in [0.25, 0.3) is 0 Å². The molecule has 1 aliphatic rings. The molecule has 2 rings (SSSR count). The monoisotopic (exact) mass is 360 g/mol. The highest BCUT2D eigenvalue weighted by atomic mass is 79.9. The molecule has 2 nitrogen and oxygen atoms in total. The van der Waals surface area contributed by atoms with E-state index in [0.717, 1.165) is 38.2 Å². The van der Waals surface area contributed by atoms with Gasteiger partial charge in [0, 0.05) is 0 Å². The van der Waals surface area contributed by atoms with Gasteiger partial charge in [0.05, 0.1) is 10.9 Å². The van der Waals surface area contributed by atoms with Crippen molar-refractivity contribution in [2.75, 3.05) is 0 Å². The molecule has 116 valence electrons. The second kappa shape index (κ2) is 6.86. The number of aryl methyl sites for hydroxylation is 1. The van der Waals surface area contributed by atoms with Gasteiger partial charge in [-0.05, 0) is 64.7 Å². The number of hydrogen-bond acceptors (Lipinski definition) is 1. The zero-order valence-electron chi connectivity index (χ0n) is 11.8. The number of benzene rings is 1. The normalized spacial score (nSPS) is 17.7. The Morgan fingerprint density at radius 2 is 1.86 bits per heavy atom. The minimum atomic E-state index is -0.806. The third-order valence-corrected chi connectivity index (χ3v) is 5.06. The van der Waals surface area contributed by atoms with Crippen molar-refractivity contribution in [2.45, 2.75) is 51.4 Å². The Balaban J connectivity index is 2.11. The second-order valence-electron chi connectivity index (χ2n) is 5.99. The van der Waals surface area contributed by atoms with Crippen LogP contribution in [-0.4, -0.2) is 11.1 Å². The fourth-order valence-corrected chi connectivity index (χ4v) is 3.61. The van der Waals surface area contributed by atoms with E-state index in [4.69, 9.17) is 5.11 Å². The van der Waals surface area contributed by atoms with E-state index in [9.17, 15) is 13.6 Å². The highest BCUT2D eigenvalue weighted by Crippen LogP contribution is 2.43. The quantitative estimate of drug-likeness (QED) is 0.743. The van der Waals surface area contributed by atoms with Crippen LogP contribution in [0.4, 0.5) is 8.78 Å². The predicted octanol–water partition coefficient (Wildman–Crippen LogP) is 5.09. The number of hydrogen-bond donors (Lipinski definition) is 1. The maximum atomic E-state index is 13.9. The molecule has 21 heavy (non-hydrogen) atoms. The van der Waals surface area contributed by atoms with E-state index in [1.165, 1.54) is 6.07 Å². The fourth-order valence-electron chi connectivity index (χ4n) is 3.29. The van der Waals surface area contributed by atoms with E-state index in [2.05, 4.69) is 15.9 Å². The summed E-state index contributed by atoms with van der Waals surface area (Å²) in [7, 11) is 0. The van der Waals surface area contributed by atoms with Crippen molar-refractivity contribution < 1.29 is 18.7 Å². The summed E-state index contributed by atoms with van der Waals surface area (Å²) in [4.78, 5) is 11.1. The molecule has 0 unspecified atom stereocenters. The standard InChI is InChI=1S/C16H19BrF2O2/c17-12-9-13(18)11(8-14(12)19)4-7-16(10-15(20)21)5-2-1-3-6-16/h8-9H,1-7,10H2,(H,20,21). The number of carboxylic acid groups (broad SMARTS) is 1. The molecule has 1 saturated carbocycles. The van der Waals surface area contributed by atoms with Crippen molar-refractivity contribution in [1.82, 2.24) is 0 Å². The Morgan fingerprint density at radius 3 is 2.48 bits per heavy atom. The molecule has 1 fully saturated rings. The summed E-state index contributed by atoms with van der Waals surface area (Å²) >= 11 is 2.96. The van der Waals surface area contributed by atoms with Crippen molar-refractivity contribution in [3.05, 3.63) is 33.8 Å². The summed E-state index contributed by atoms with van der Waals surface area (Å²) in [5.74, 6) is -1.73. The molecule has 1 aliphatic carbocycles. The Kier molecular flexibility index (Phi) is 5.36. The molecule has 0 saturated heterocycles. The van der Waals surface area contributed by atoms with E-state index >= 15 is 0 Å². The molecule has 0 atom stereocenters. The van der Waals surface area contributed by atoms with Crippen molar-refractivity contribution >= 4 is 21.9 Å². The van der Waals surface area contributed by atoms with Crippen LogP contribution in [0.5, 0.6) is 0 Å². The van der Waals surface area contributed by atoms with E-state index in [1.54, 1.807) is 0 Å². The van der Waals surface area contributed by atoms with Gasteiger partial charge in [-0.15, -0.1) is 0 Å². The summed E-state index contributed by atoms with van der Waals surface area (Å²) in [5.41, 5.74) is 0.0612. The fraction of sp³-hybridized carbons (Fsp3) is 0.562. The Bertz CT molecular complexity index is 525. The molecule has 0 amide bonds. The second-order valence-corrected chi connectivity index (χ2v) is 6.84. The Hall–Kier alpha value is -0.970. The van der Waals surface area contributed by atoms with Crippen LogP contribution in [0.3, 0.4) is 0 Å². The number of carboxylic acids is 1. The van der Waals surface area contributed by atoms with Gasteiger partial charge in [-0.1, -0.05) is 19.3 Å². The van der Waals surface area contributed by atoms with Crippen LogP contribution in [0, 0.1) is 17.0 Å². The SMILES string of the molecule is O=C(O)CC1(CCc2cc(F)c(Br)cc2F)CCCCC1. The maximum Gasteiger partial charge on any atom is 0.303 e. The average molecular weight is 361 g/mol. The minimum Gasteiger partial charge on any atom is -0.481 e. The molecule has 0 aliphatic heterocycles.